The standard InChI is InChI=1S/C14H18N2OS/c1-3-11(15)8-14-16-13(9-18-14)10-5-4-6-12(7-10)17-2/h4-7,9,11H,3,8,15H2,1-2H3. The molecule has 18 heavy (non-hydrogen) atoms. The van der Waals surface area contributed by atoms with Gasteiger partial charge in [-0.1, -0.05) is 19.1 Å². The molecule has 0 aliphatic heterocycles. The predicted molar refractivity (Wildman–Crippen MR) is 76.1 cm³/mol. The second kappa shape index (κ2) is 5.98. The van der Waals surface area contributed by atoms with E-state index < -0.39 is 0 Å². The average Bonchev–Trinajstić information content (AvgIpc) is 2.87. The summed E-state index contributed by atoms with van der Waals surface area (Å²) in [6.07, 6.45) is 1.83. The van der Waals surface area contributed by atoms with Gasteiger partial charge in [0.1, 0.15) is 5.75 Å². The van der Waals surface area contributed by atoms with Gasteiger partial charge >= 0.3 is 0 Å². The fourth-order valence-corrected chi connectivity index (χ4v) is 2.59. The third-order valence-electron chi connectivity index (χ3n) is 2.88. The molecule has 2 aromatic rings. The maximum atomic E-state index is 5.95. The first kappa shape index (κ1) is 13.1. The van der Waals surface area contributed by atoms with Gasteiger partial charge in [-0.25, -0.2) is 4.98 Å². The van der Waals surface area contributed by atoms with E-state index in [1.165, 1.54) is 0 Å². The summed E-state index contributed by atoms with van der Waals surface area (Å²) in [7, 11) is 1.67. The summed E-state index contributed by atoms with van der Waals surface area (Å²) in [6.45, 7) is 2.10. The van der Waals surface area contributed by atoms with Gasteiger partial charge in [0.05, 0.1) is 17.8 Å². The van der Waals surface area contributed by atoms with Crippen LogP contribution in [0, 0.1) is 0 Å². The molecule has 0 spiro atoms. The highest BCUT2D eigenvalue weighted by Gasteiger charge is 2.08. The lowest BCUT2D eigenvalue weighted by Crippen LogP contribution is -2.21. The van der Waals surface area contributed by atoms with Crippen molar-refractivity contribution in [3.63, 3.8) is 0 Å². The molecule has 0 fully saturated rings. The van der Waals surface area contributed by atoms with Gasteiger partial charge in [0.15, 0.2) is 0 Å². The van der Waals surface area contributed by atoms with E-state index in [0.29, 0.717) is 0 Å². The van der Waals surface area contributed by atoms with Crippen LogP contribution in [0.4, 0.5) is 0 Å². The van der Waals surface area contributed by atoms with Crippen molar-refractivity contribution in [1.29, 1.82) is 0 Å². The normalized spacial score (nSPS) is 12.4. The van der Waals surface area contributed by atoms with Crippen molar-refractivity contribution in [3.05, 3.63) is 34.7 Å². The second-order valence-electron chi connectivity index (χ2n) is 4.23. The van der Waals surface area contributed by atoms with Gasteiger partial charge in [0.2, 0.25) is 0 Å². The molecule has 1 aromatic carbocycles. The summed E-state index contributed by atoms with van der Waals surface area (Å²) in [5, 5.41) is 3.18. The minimum Gasteiger partial charge on any atom is -0.497 e. The summed E-state index contributed by atoms with van der Waals surface area (Å²) >= 11 is 1.67. The molecule has 0 saturated carbocycles. The first-order valence-electron chi connectivity index (χ1n) is 6.07. The number of methoxy groups -OCH3 is 1. The molecule has 2 N–H and O–H groups in total. The summed E-state index contributed by atoms with van der Waals surface area (Å²) in [6, 6.07) is 8.16. The molecule has 1 heterocycles. The number of hydrogen-bond acceptors (Lipinski definition) is 4. The van der Waals surface area contributed by atoms with Crippen LogP contribution in [0.5, 0.6) is 5.75 Å². The first-order valence-corrected chi connectivity index (χ1v) is 6.95. The molecule has 1 unspecified atom stereocenters. The van der Waals surface area contributed by atoms with Crippen LogP contribution in [0.2, 0.25) is 0 Å². The molecule has 0 aliphatic carbocycles. The van der Waals surface area contributed by atoms with Crippen LogP contribution in [-0.4, -0.2) is 18.1 Å². The number of thiazole rings is 1. The molecule has 3 nitrogen and oxygen atoms in total. The highest BCUT2D eigenvalue weighted by atomic mass is 32.1. The van der Waals surface area contributed by atoms with Crippen LogP contribution in [0.1, 0.15) is 18.4 Å². The van der Waals surface area contributed by atoms with E-state index in [9.17, 15) is 0 Å². The van der Waals surface area contributed by atoms with Crippen molar-refractivity contribution < 1.29 is 4.74 Å². The van der Waals surface area contributed by atoms with E-state index >= 15 is 0 Å². The Morgan fingerprint density at radius 1 is 1.44 bits per heavy atom. The Kier molecular flexibility index (Phi) is 4.33. The van der Waals surface area contributed by atoms with E-state index in [-0.39, 0.29) is 6.04 Å². The van der Waals surface area contributed by atoms with Crippen molar-refractivity contribution in [2.75, 3.05) is 7.11 Å². The van der Waals surface area contributed by atoms with Crippen LogP contribution in [0.15, 0.2) is 29.6 Å². The van der Waals surface area contributed by atoms with E-state index in [4.69, 9.17) is 10.5 Å². The quantitative estimate of drug-likeness (QED) is 0.900. The lowest BCUT2D eigenvalue weighted by molar-refractivity contribution is 0.415. The number of aromatic nitrogens is 1. The Morgan fingerprint density at radius 2 is 2.28 bits per heavy atom. The van der Waals surface area contributed by atoms with Crippen molar-refractivity contribution >= 4 is 11.3 Å². The van der Waals surface area contributed by atoms with Crippen molar-refractivity contribution in [1.82, 2.24) is 4.98 Å². The highest BCUT2D eigenvalue weighted by Crippen LogP contribution is 2.25. The Bertz CT molecular complexity index is 510. The van der Waals surface area contributed by atoms with Crippen LogP contribution < -0.4 is 10.5 Å². The summed E-state index contributed by atoms with van der Waals surface area (Å²) < 4.78 is 5.22. The summed E-state index contributed by atoms with van der Waals surface area (Å²) in [5.41, 5.74) is 8.03. The number of nitrogens with zero attached hydrogens (tertiary/aromatic N) is 1. The fraction of sp³-hybridized carbons (Fsp3) is 0.357. The lowest BCUT2D eigenvalue weighted by Gasteiger charge is -2.04. The summed E-state index contributed by atoms with van der Waals surface area (Å²) in [5.74, 6) is 0.854. The lowest BCUT2D eigenvalue weighted by atomic mass is 10.1. The molecule has 0 amide bonds. The molecule has 2 rings (SSSR count). The Balaban J connectivity index is 2.18. The maximum absolute atomic E-state index is 5.95. The van der Waals surface area contributed by atoms with Crippen molar-refractivity contribution in [2.45, 2.75) is 25.8 Å². The number of ether oxygens (including phenoxy) is 1. The number of hydrogen-bond donors (Lipinski definition) is 1. The van der Waals surface area contributed by atoms with Gasteiger partial charge in [0, 0.05) is 23.4 Å². The Hall–Kier alpha value is -1.39. The van der Waals surface area contributed by atoms with E-state index in [2.05, 4.69) is 17.3 Å². The van der Waals surface area contributed by atoms with Crippen LogP contribution in [0.3, 0.4) is 0 Å². The van der Waals surface area contributed by atoms with E-state index in [1.54, 1.807) is 18.4 Å². The SMILES string of the molecule is CCC(N)Cc1nc(-c2cccc(OC)c2)cs1. The molecule has 0 bridgehead atoms. The monoisotopic (exact) mass is 262 g/mol. The number of benzene rings is 1. The Labute approximate surface area is 112 Å². The molecular formula is C14H18N2OS. The molecule has 0 saturated heterocycles. The molecule has 1 aromatic heterocycles. The summed E-state index contributed by atoms with van der Waals surface area (Å²) in [4.78, 5) is 4.63. The van der Waals surface area contributed by atoms with Gasteiger partial charge in [-0.2, -0.15) is 0 Å². The maximum Gasteiger partial charge on any atom is 0.119 e. The van der Waals surface area contributed by atoms with Gasteiger partial charge in [-0.3, -0.25) is 0 Å². The third-order valence-corrected chi connectivity index (χ3v) is 3.75. The molecule has 96 valence electrons. The molecule has 4 heteroatoms. The van der Waals surface area contributed by atoms with Gasteiger partial charge in [0.25, 0.3) is 0 Å². The molecule has 1 atom stereocenters. The third kappa shape index (κ3) is 3.09. The average molecular weight is 262 g/mol. The largest absolute Gasteiger partial charge is 0.497 e. The smallest absolute Gasteiger partial charge is 0.119 e. The Morgan fingerprint density at radius 3 is 3.00 bits per heavy atom. The fourth-order valence-electron chi connectivity index (χ4n) is 1.69. The van der Waals surface area contributed by atoms with Crippen LogP contribution in [0.25, 0.3) is 11.3 Å². The van der Waals surface area contributed by atoms with Crippen LogP contribution >= 0.6 is 11.3 Å². The zero-order chi connectivity index (χ0) is 13.0. The molecular weight excluding hydrogens is 244 g/mol. The van der Waals surface area contributed by atoms with Gasteiger partial charge in [-0.15, -0.1) is 11.3 Å². The van der Waals surface area contributed by atoms with Crippen LogP contribution in [-0.2, 0) is 6.42 Å². The molecule has 0 radical (unpaired) electrons. The zero-order valence-electron chi connectivity index (χ0n) is 10.7. The number of rotatable bonds is 5. The van der Waals surface area contributed by atoms with Crippen molar-refractivity contribution in [2.24, 2.45) is 5.73 Å². The topological polar surface area (TPSA) is 48.1 Å². The van der Waals surface area contributed by atoms with Gasteiger partial charge in [-0.05, 0) is 18.6 Å². The predicted octanol–water partition coefficient (Wildman–Crippen LogP) is 3.10. The minimum absolute atomic E-state index is 0.203. The highest BCUT2D eigenvalue weighted by molar-refractivity contribution is 7.09. The number of nitrogens with two attached hydrogens (primary N) is 1. The van der Waals surface area contributed by atoms with Gasteiger partial charge < -0.3 is 10.5 Å². The second-order valence-corrected chi connectivity index (χ2v) is 5.17. The van der Waals surface area contributed by atoms with E-state index in [1.807, 2.05) is 24.3 Å². The first-order chi connectivity index (χ1) is 8.72. The van der Waals surface area contributed by atoms with Crippen molar-refractivity contribution in [3.8, 4) is 17.0 Å². The minimum atomic E-state index is 0.203. The zero-order valence-corrected chi connectivity index (χ0v) is 11.5. The van der Waals surface area contributed by atoms with E-state index in [0.717, 1.165) is 34.9 Å². The molecule has 0 aliphatic rings.